The zero-order valence-corrected chi connectivity index (χ0v) is 19.6. The average molecular weight is 468 g/mol. The number of hydrogen-bond donors (Lipinski definition) is 1. The van der Waals surface area contributed by atoms with Crippen molar-refractivity contribution >= 4 is 29.1 Å². The highest BCUT2D eigenvalue weighted by Crippen LogP contribution is 2.36. The predicted octanol–water partition coefficient (Wildman–Crippen LogP) is 4.93. The molecule has 0 unspecified atom stereocenters. The van der Waals surface area contributed by atoms with E-state index in [1.807, 2.05) is 45.0 Å². The van der Waals surface area contributed by atoms with Crippen LogP contribution in [0.4, 0.5) is 5.69 Å². The third-order valence-electron chi connectivity index (χ3n) is 4.96. The Hall–Kier alpha value is -3.33. The SMILES string of the molecule is C[C@H](Sc1nnc([C@H]2COc3ccccc3O2)o1)C(=O)c1ccc(NC(=O)C(C)(C)C)cc1. The molecule has 2 aromatic carbocycles. The molecule has 0 spiro atoms. The molecular weight excluding hydrogens is 442 g/mol. The number of benzene rings is 2. The number of anilines is 1. The highest BCUT2D eigenvalue weighted by Gasteiger charge is 2.28. The van der Waals surface area contributed by atoms with Crippen molar-refractivity contribution in [1.82, 2.24) is 10.2 Å². The molecule has 0 bridgehead atoms. The molecular formula is C24H25N3O5S. The number of ether oxygens (including phenoxy) is 2. The lowest BCUT2D eigenvalue weighted by molar-refractivity contribution is -0.123. The summed E-state index contributed by atoms with van der Waals surface area (Å²) >= 11 is 1.18. The number of nitrogens with one attached hydrogen (secondary N) is 1. The van der Waals surface area contributed by atoms with Crippen molar-refractivity contribution in [3.8, 4) is 11.5 Å². The molecule has 0 aliphatic carbocycles. The van der Waals surface area contributed by atoms with Crippen LogP contribution >= 0.6 is 11.8 Å². The smallest absolute Gasteiger partial charge is 0.277 e. The van der Waals surface area contributed by atoms with Crippen LogP contribution < -0.4 is 14.8 Å². The van der Waals surface area contributed by atoms with Crippen LogP contribution in [0.2, 0.25) is 0 Å². The number of amides is 1. The maximum Gasteiger partial charge on any atom is 0.277 e. The zero-order chi connectivity index (χ0) is 23.6. The van der Waals surface area contributed by atoms with E-state index in [2.05, 4.69) is 15.5 Å². The molecule has 0 radical (unpaired) electrons. The Balaban J connectivity index is 1.36. The normalized spacial score (nSPS) is 16.2. The first-order valence-electron chi connectivity index (χ1n) is 10.5. The molecule has 3 aromatic rings. The first kappa shape index (κ1) is 22.8. The minimum atomic E-state index is -0.511. The van der Waals surface area contributed by atoms with Gasteiger partial charge in [-0.05, 0) is 43.3 Å². The molecule has 0 fully saturated rings. The van der Waals surface area contributed by atoms with Gasteiger partial charge in [0.2, 0.25) is 12.0 Å². The number of nitrogens with zero attached hydrogens (tertiary/aromatic N) is 2. The Kier molecular flexibility index (Phi) is 6.42. The van der Waals surface area contributed by atoms with Crippen molar-refractivity contribution in [2.75, 3.05) is 11.9 Å². The third kappa shape index (κ3) is 5.36. The molecule has 2 atom stereocenters. The van der Waals surface area contributed by atoms with E-state index < -0.39 is 16.8 Å². The van der Waals surface area contributed by atoms with Crippen molar-refractivity contribution in [1.29, 1.82) is 0 Å². The third-order valence-corrected chi connectivity index (χ3v) is 5.90. The Bertz CT molecular complexity index is 1150. The first-order chi connectivity index (χ1) is 15.7. The number of fused-ring (bicyclic) bond motifs is 1. The minimum absolute atomic E-state index is 0.0837. The summed E-state index contributed by atoms with van der Waals surface area (Å²) in [5.74, 6) is 1.41. The number of Topliss-reactive ketones (excluding diaryl/α,β-unsaturated/α-hetero) is 1. The standard InChI is InChI=1S/C24H25N3O5S/c1-14(20(28)15-9-11-16(12-10-15)25-22(29)24(2,3)4)33-23-27-26-21(32-23)19-13-30-17-7-5-6-8-18(17)31-19/h5-12,14,19H,13H2,1-4H3,(H,25,29)/t14-,19+/m0/s1. The Morgan fingerprint density at radius 2 is 1.76 bits per heavy atom. The summed E-state index contributed by atoms with van der Waals surface area (Å²) in [6.07, 6.45) is -0.511. The van der Waals surface area contributed by atoms with Gasteiger partial charge in [-0.3, -0.25) is 9.59 Å². The molecule has 4 rings (SSSR count). The quantitative estimate of drug-likeness (QED) is 0.402. The van der Waals surface area contributed by atoms with E-state index in [-0.39, 0.29) is 23.5 Å². The van der Waals surface area contributed by atoms with Crippen molar-refractivity contribution in [3.05, 3.63) is 60.0 Å². The summed E-state index contributed by atoms with van der Waals surface area (Å²) in [4.78, 5) is 25.0. The summed E-state index contributed by atoms with van der Waals surface area (Å²) < 4.78 is 17.3. The van der Waals surface area contributed by atoms with Gasteiger partial charge < -0.3 is 19.2 Å². The molecule has 0 saturated heterocycles. The number of ketones is 1. The highest BCUT2D eigenvalue weighted by molar-refractivity contribution is 8.00. The number of carbonyl (C=O) groups is 2. The summed E-state index contributed by atoms with van der Waals surface area (Å²) in [6, 6.07) is 14.2. The van der Waals surface area contributed by atoms with E-state index in [9.17, 15) is 9.59 Å². The lowest BCUT2D eigenvalue weighted by atomic mass is 9.95. The van der Waals surface area contributed by atoms with Crippen molar-refractivity contribution in [2.24, 2.45) is 5.41 Å². The fraction of sp³-hybridized carbons (Fsp3) is 0.333. The molecule has 0 saturated carbocycles. The Morgan fingerprint density at radius 1 is 1.06 bits per heavy atom. The molecule has 1 aromatic heterocycles. The number of hydrogen-bond acceptors (Lipinski definition) is 8. The van der Waals surface area contributed by atoms with Gasteiger partial charge in [0.05, 0.1) is 5.25 Å². The Morgan fingerprint density at radius 3 is 2.45 bits per heavy atom. The second-order valence-electron chi connectivity index (χ2n) is 8.68. The predicted molar refractivity (Wildman–Crippen MR) is 124 cm³/mol. The lowest BCUT2D eigenvalue weighted by Crippen LogP contribution is -2.27. The van der Waals surface area contributed by atoms with E-state index in [4.69, 9.17) is 13.9 Å². The van der Waals surface area contributed by atoms with Crippen molar-refractivity contribution in [2.45, 2.75) is 44.3 Å². The van der Waals surface area contributed by atoms with Gasteiger partial charge in [0.15, 0.2) is 17.3 Å². The van der Waals surface area contributed by atoms with Crippen LogP contribution in [0.15, 0.2) is 58.2 Å². The second kappa shape index (κ2) is 9.27. The van der Waals surface area contributed by atoms with E-state index in [0.717, 1.165) is 0 Å². The summed E-state index contributed by atoms with van der Waals surface area (Å²) in [7, 11) is 0. The average Bonchev–Trinajstić information content (AvgIpc) is 3.26. The number of thioether (sulfide) groups is 1. The maximum atomic E-state index is 12.8. The summed E-state index contributed by atoms with van der Waals surface area (Å²) in [5, 5.41) is 10.8. The largest absolute Gasteiger partial charge is 0.485 e. The molecule has 172 valence electrons. The maximum absolute atomic E-state index is 12.8. The second-order valence-corrected chi connectivity index (χ2v) is 9.97. The van der Waals surface area contributed by atoms with Gasteiger partial charge in [-0.15, -0.1) is 10.2 Å². The fourth-order valence-corrected chi connectivity index (χ4v) is 3.78. The van der Waals surface area contributed by atoms with Gasteiger partial charge in [-0.25, -0.2) is 0 Å². The van der Waals surface area contributed by atoms with E-state index in [0.29, 0.717) is 28.6 Å². The van der Waals surface area contributed by atoms with Gasteiger partial charge in [0, 0.05) is 16.7 Å². The molecule has 1 N–H and O–H groups in total. The van der Waals surface area contributed by atoms with E-state index >= 15 is 0 Å². The monoisotopic (exact) mass is 467 g/mol. The Labute approximate surface area is 196 Å². The van der Waals surface area contributed by atoms with Crippen molar-refractivity contribution < 1.29 is 23.5 Å². The molecule has 9 heteroatoms. The number of aromatic nitrogens is 2. The summed E-state index contributed by atoms with van der Waals surface area (Å²) in [6.45, 7) is 7.57. The highest BCUT2D eigenvalue weighted by atomic mass is 32.2. The molecule has 1 amide bonds. The van der Waals surface area contributed by atoms with Crippen LogP contribution in [0, 0.1) is 5.41 Å². The van der Waals surface area contributed by atoms with Crippen LogP contribution in [0.5, 0.6) is 11.5 Å². The molecule has 1 aliphatic rings. The van der Waals surface area contributed by atoms with Crippen LogP contribution in [0.3, 0.4) is 0 Å². The van der Waals surface area contributed by atoms with Gasteiger partial charge in [0.25, 0.3) is 11.1 Å². The number of carbonyl (C=O) groups excluding carboxylic acids is 2. The summed E-state index contributed by atoms with van der Waals surface area (Å²) in [5.41, 5.74) is 0.675. The molecule has 1 aliphatic heterocycles. The zero-order valence-electron chi connectivity index (χ0n) is 18.8. The molecule has 2 heterocycles. The first-order valence-corrected chi connectivity index (χ1v) is 11.4. The minimum Gasteiger partial charge on any atom is -0.485 e. The van der Waals surface area contributed by atoms with Crippen LogP contribution in [0.1, 0.15) is 50.0 Å². The van der Waals surface area contributed by atoms with Gasteiger partial charge in [0.1, 0.15) is 6.61 Å². The van der Waals surface area contributed by atoms with Crippen molar-refractivity contribution in [3.63, 3.8) is 0 Å². The van der Waals surface area contributed by atoms with Gasteiger partial charge in [-0.1, -0.05) is 44.7 Å². The van der Waals surface area contributed by atoms with Crippen LogP contribution in [-0.2, 0) is 4.79 Å². The molecule has 8 nitrogen and oxygen atoms in total. The van der Waals surface area contributed by atoms with Crippen LogP contribution in [-0.4, -0.2) is 33.7 Å². The number of rotatable bonds is 6. The van der Waals surface area contributed by atoms with E-state index in [1.54, 1.807) is 31.2 Å². The van der Waals surface area contributed by atoms with E-state index in [1.165, 1.54) is 11.8 Å². The van der Waals surface area contributed by atoms with Gasteiger partial charge >= 0.3 is 0 Å². The topological polar surface area (TPSA) is 104 Å². The van der Waals surface area contributed by atoms with Gasteiger partial charge in [-0.2, -0.15) is 0 Å². The fourth-order valence-electron chi connectivity index (χ4n) is 3.02. The molecule has 33 heavy (non-hydrogen) atoms. The van der Waals surface area contributed by atoms with Crippen LogP contribution in [0.25, 0.3) is 0 Å². The lowest BCUT2D eigenvalue weighted by Gasteiger charge is -2.23. The number of para-hydroxylation sites is 2.